The average molecular weight is 244 g/mol. The second kappa shape index (κ2) is 3.67. The van der Waals surface area contributed by atoms with Crippen LogP contribution in [0.15, 0.2) is 41.6 Å². The molecule has 2 rings (SSSR count). The van der Waals surface area contributed by atoms with Gasteiger partial charge in [-0.3, -0.25) is 0 Å². The van der Waals surface area contributed by atoms with Gasteiger partial charge in [-0.1, -0.05) is 3.89 Å². The van der Waals surface area contributed by atoms with Crippen LogP contribution >= 0.6 is 0 Å². The highest BCUT2D eigenvalue weighted by molar-refractivity contribution is 7.86. The maximum atomic E-state index is 12.8. The molecule has 2 aromatic rings. The molecule has 1 heterocycles. The molecule has 84 valence electrons. The van der Waals surface area contributed by atoms with Gasteiger partial charge in [0.1, 0.15) is 5.82 Å². The minimum absolute atomic E-state index is 0.266. The van der Waals surface area contributed by atoms with Crippen LogP contribution in [0.1, 0.15) is 0 Å². The van der Waals surface area contributed by atoms with Crippen LogP contribution in [0.5, 0.6) is 0 Å². The molecule has 0 aliphatic heterocycles. The summed E-state index contributed by atoms with van der Waals surface area (Å²) in [6.45, 7) is 0. The van der Waals surface area contributed by atoms with Gasteiger partial charge in [0.05, 0.1) is 11.9 Å². The number of nitrogens with zero attached hydrogens (tertiary/aromatic N) is 2. The zero-order chi connectivity index (χ0) is 11.8. The monoisotopic (exact) mass is 244 g/mol. The molecule has 16 heavy (non-hydrogen) atoms. The summed E-state index contributed by atoms with van der Waals surface area (Å²) in [7, 11) is -4.84. The summed E-state index contributed by atoms with van der Waals surface area (Å²) in [6.07, 6.45) is 1.15. The predicted octanol–water partition coefficient (Wildman–Crippen LogP) is 1.67. The molecule has 4 nitrogen and oxygen atoms in total. The minimum atomic E-state index is -4.84. The van der Waals surface area contributed by atoms with Gasteiger partial charge in [0, 0.05) is 0 Å². The lowest BCUT2D eigenvalue weighted by atomic mass is 10.3. The molecule has 0 bridgehead atoms. The molecule has 0 unspecified atom stereocenters. The molecule has 7 heteroatoms. The van der Waals surface area contributed by atoms with Crippen molar-refractivity contribution >= 4 is 10.2 Å². The van der Waals surface area contributed by atoms with Crippen LogP contribution in [0.4, 0.5) is 8.28 Å². The fourth-order valence-corrected chi connectivity index (χ4v) is 1.83. The van der Waals surface area contributed by atoms with Gasteiger partial charge in [-0.15, -0.1) is 0 Å². The number of aromatic nitrogens is 2. The Kier molecular flexibility index (Phi) is 2.47. The Morgan fingerprint density at radius 2 is 1.75 bits per heavy atom. The normalized spacial score (nSPS) is 11.6. The molecule has 0 saturated heterocycles. The zero-order valence-electron chi connectivity index (χ0n) is 7.84. The molecular weight excluding hydrogens is 238 g/mol. The SMILES string of the molecule is O=S(=O)(F)c1ccnn1-c1ccc(F)cc1. The summed E-state index contributed by atoms with van der Waals surface area (Å²) in [5.74, 6) is -0.472. The third kappa shape index (κ3) is 1.94. The third-order valence-electron chi connectivity index (χ3n) is 1.93. The highest BCUT2D eigenvalue weighted by Gasteiger charge is 2.18. The van der Waals surface area contributed by atoms with E-state index in [1.807, 2.05) is 0 Å². The van der Waals surface area contributed by atoms with Crippen molar-refractivity contribution in [3.8, 4) is 5.69 Å². The highest BCUT2D eigenvalue weighted by Crippen LogP contribution is 2.17. The smallest absolute Gasteiger partial charge is 0.220 e. The molecule has 0 atom stereocenters. The van der Waals surface area contributed by atoms with Crippen molar-refractivity contribution in [2.75, 3.05) is 0 Å². The van der Waals surface area contributed by atoms with Gasteiger partial charge in [-0.25, -0.2) is 9.07 Å². The summed E-state index contributed by atoms with van der Waals surface area (Å²) < 4.78 is 47.8. The van der Waals surface area contributed by atoms with Crippen LogP contribution in [0.25, 0.3) is 5.69 Å². The Labute approximate surface area is 90.3 Å². The number of halogens is 2. The summed E-state index contributed by atoms with van der Waals surface area (Å²) >= 11 is 0. The molecule has 0 radical (unpaired) electrons. The molecule has 0 aliphatic carbocycles. The fourth-order valence-electron chi connectivity index (χ4n) is 1.25. The van der Waals surface area contributed by atoms with Crippen LogP contribution in [0, 0.1) is 5.82 Å². The maximum absolute atomic E-state index is 12.8. The van der Waals surface area contributed by atoms with Crippen molar-refractivity contribution in [2.24, 2.45) is 0 Å². The quantitative estimate of drug-likeness (QED) is 0.755. The van der Waals surface area contributed by atoms with Crippen molar-refractivity contribution in [2.45, 2.75) is 5.03 Å². The molecule has 0 saturated carbocycles. The number of hydrogen-bond acceptors (Lipinski definition) is 3. The van der Waals surface area contributed by atoms with Crippen LogP contribution < -0.4 is 0 Å². The lowest BCUT2D eigenvalue weighted by Gasteiger charge is -2.03. The first kappa shape index (κ1) is 10.7. The van der Waals surface area contributed by atoms with E-state index in [9.17, 15) is 16.7 Å². The number of benzene rings is 1. The molecule has 0 fully saturated rings. The largest absolute Gasteiger partial charge is 0.349 e. The first-order valence-corrected chi connectivity index (χ1v) is 5.61. The second-order valence-electron chi connectivity index (χ2n) is 3.00. The first-order valence-electron chi connectivity index (χ1n) is 4.23. The van der Waals surface area contributed by atoms with Crippen LogP contribution in [-0.2, 0) is 10.2 Å². The van der Waals surface area contributed by atoms with E-state index in [0.29, 0.717) is 0 Å². The van der Waals surface area contributed by atoms with Gasteiger partial charge in [0.25, 0.3) is 0 Å². The van der Waals surface area contributed by atoms with E-state index in [0.717, 1.165) is 29.1 Å². The molecule has 0 N–H and O–H groups in total. The van der Waals surface area contributed by atoms with E-state index in [1.54, 1.807) is 0 Å². The Morgan fingerprint density at radius 1 is 1.12 bits per heavy atom. The van der Waals surface area contributed by atoms with Crippen molar-refractivity contribution in [3.05, 3.63) is 42.3 Å². The maximum Gasteiger partial charge on any atom is 0.349 e. The van der Waals surface area contributed by atoms with Gasteiger partial charge >= 0.3 is 10.2 Å². The van der Waals surface area contributed by atoms with Crippen LogP contribution in [-0.4, -0.2) is 18.2 Å². The van der Waals surface area contributed by atoms with E-state index in [4.69, 9.17) is 0 Å². The second-order valence-corrected chi connectivity index (χ2v) is 4.29. The topological polar surface area (TPSA) is 52.0 Å². The number of rotatable bonds is 2. The number of hydrogen-bond donors (Lipinski definition) is 0. The zero-order valence-corrected chi connectivity index (χ0v) is 8.66. The molecule has 1 aromatic heterocycles. The van der Waals surface area contributed by atoms with Crippen LogP contribution in [0.2, 0.25) is 0 Å². The van der Waals surface area contributed by atoms with E-state index in [1.165, 1.54) is 12.1 Å². The Morgan fingerprint density at radius 3 is 2.31 bits per heavy atom. The van der Waals surface area contributed by atoms with E-state index >= 15 is 0 Å². The summed E-state index contributed by atoms with van der Waals surface area (Å²) in [4.78, 5) is 0. The van der Waals surface area contributed by atoms with Crippen molar-refractivity contribution in [1.29, 1.82) is 0 Å². The van der Waals surface area contributed by atoms with E-state index in [2.05, 4.69) is 5.10 Å². The van der Waals surface area contributed by atoms with Crippen LogP contribution in [0.3, 0.4) is 0 Å². The fraction of sp³-hybridized carbons (Fsp3) is 0. The lowest BCUT2D eigenvalue weighted by Crippen LogP contribution is -2.05. The van der Waals surface area contributed by atoms with E-state index in [-0.39, 0.29) is 5.69 Å². The Balaban J connectivity index is 2.58. The van der Waals surface area contributed by atoms with Gasteiger partial charge in [-0.05, 0) is 30.3 Å². The van der Waals surface area contributed by atoms with Gasteiger partial charge in [0.2, 0.25) is 0 Å². The first-order chi connectivity index (χ1) is 7.48. The molecular formula is C9H6F2N2O2S. The third-order valence-corrected chi connectivity index (χ3v) is 2.74. The highest BCUT2D eigenvalue weighted by atomic mass is 32.3. The molecule has 0 amide bonds. The minimum Gasteiger partial charge on any atom is -0.220 e. The predicted molar refractivity (Wildman–Crippen MR) is 51.8 cm³/mol. The Bertz CT molecular complexity index is 605. The van der Waals surface area contributed by atoms with Gasteiger partial charge in [-0.2, -0.15) is 13.5 Å². The van der Waals surface area contributed by atoms with Crippen molar-refractivity contribution in [3.63, 3.8) is 0 Å². The van der Waals surface area contributed by atoms with Gasteiger partial charge < -0.3 is 0 Å². The Hall–Kier alpha value is -1.76. The van der Waals surface area contributed by atoms with Crippen molar-refractivity contribution < 1.29 is 16.7 Å². The molecule has 0 aliphatic rings. The summed E-state index contributed by atoms with van der Waals surface area (Å²) in [6, 6.07) is 5.89. The summed E-state index contributed by atoms with van der Waals surface area (Å²) in [5.41, 5.74) is 0.266. The molecule has 0 spiro atoms. The van der Waals surface area contributed by atoms with Gasteiger partial charge in [0.15, 0.2) is 5.03 Å². The van der Waals surface area contributed by atoms with E-state index < -0.39 is 21.1 Å². The average Bonchev–Trinajstić information content (AvgIpc) is 2.66. The standard InChI is InChI=1S/C9H6F2N2O2S/c10-7-1-3-8(4-2-7)13-9(5-6-12-13)16(11,14)15/h1-6H. The molecule has 1 aromatic carbocycles. The van der Waals surface area contributed by atoms with Crippen molar-refractivity contribution in [1.82, 2.24) is 9.78 Å². The lowest BCUT2D eigenvalue weighted by molar-refractivity contribution is 0.541. The summed E-state index contributed by atoms with van der Waals surface area (Å²) in [5, 5.41) is 3.07.